The number of rotatable bonds is 6. The first-order valence-electron chi connectivity index (χ1n) is 9.02. The van der Waals surface area contributed by atoms with Gasteiger partial charge in [0.1, 0.15) is 10.8 Å². The normalized spacial score (nSPS) is 20.5. The summed E-state index contributed by atoms with van der Waals surface area (Å²) in [6.45, 7) is 0. The maximum Gasteiger partial charge on any atom is 0.305 e. The molecule has 4 rings (SSSR count). The third kappa shape index (κ3) is 3.53. The highest BCUT2D eigenvalue weighted by Gasteiger charge is 2.24. The van der Waals surface area contributed by atoms with E-state index >= 15 is 0 Å². The number of fused-ring (bicyclic) bond motifs is 1. The van der Waals surface area contributed by atoms with Gasteiger partial charge in [0.25, 0.3) is 0 Å². The SMILES string of the molecule is COc1cc(NC2CCCC2)c2[nH]c(C3=NC(CC(=O)O)CS3)cc2c1. The van der Waals surface area contributed by atoms with E-state index in [1.807, 2.05) is 12.1 Å². The van der Waals surface area contributed by atoms with E-state index in [4.69, 9.17) is 9.84 Å². The fourth-order valence-electron chi connectivity index (χ4n) is 3.72. The number of methoxy groups -OCH3 is 1. The van der Waals surface area contributed by atoms with Crippen LogP contribution < -0.4 is 10.1 Å². The van der Waals surface area contributed by atoms with Gasteiger partial charge in [-0.3, -0.25) is 9.79 Å². The number of carbonyl (C=O) groups is 1. The standard InChI is InChI=1S/C19H23N3O3S/c1-25-14-6-11-7-16(19-21-13(10-26-19)8-17(23)24)22-18(11)15(9-14)20-12-4-2-3-5-12/h6-7,9,12-13,20,22H,2-5,8,10H2,1H3,(H,23,24). The number of anilines is 1. The number of nitrogens with zero attached hydrogens (tertiary/aromatic N) is 1. The molecule has 2 aliphatic rings. The minimum atomic E-state index is -0.801. The third-order valence-electron chi connectivity index (χ3n) is 5.01. The van der Waals surface area contributed by atoms with Crippen LogP contribution in [0.3, 0.4) is 0 Å². The van der Waals surface area contributed by atoms with Crippen molar-refractivity contribution in [3.63, 3.8) is 0 Å². The molecule has 1 aliphatic carbocycles. The summed E-state index contributed by atoms with van der Waals surface area (Å²) in [4.78, 5) is 19.0. The number of carboxylic acids is 1. The van der Waals surface area contributed by atoms with Crippen molar-refractivity contribution in [3.8, 4) is 5.75 Å². The number of hydrogen-bond acceptors (Lipinski definition) is 5. The Morgan fingerprint density at radius 1 is 1.38 bits per heavy atom. The van der Waals surface area contributed by atoms with Crippen LogP contribution in [0.4, 0.5) is 5.69 Å². The maximum atomic E-state index is 10.9. The molecule has 0 bridgehead atoms. The molecular formula is C19H23N3O3S. The zero-order valence-corrected chi connectivity index (χ0v) is 15.6. The van der Waals surface area contributed by atoms with Crippen LogP contribution in [-0.4, -0.2) is 46.0 Å². The van der Waals surface area contributed by atoms with E-state index in [0.717, 1.165) is 33.1 Å². The molecule has 1 fully saturated rings. The third-order valence-corrected chi connectivity index (χ3v) is 6.16. The molecular weight excluding hydrogens is 350 g/mol. The van der Waals surface area contributed by atoms with Gasteiger partial charge in [0, 0.05) is 23.2 Å². The number of nitrogens with one attached hydrogen (secondary N) is 2. The summed E-state index contributed by atoms with van der Waals surface area (Å²) in [5.74, 6) is 0.742. The largest absolute Gasteiger partial charge is 0.497 e. The molecule has 7 heteroatoms. The molecule has 0 spiro atoms. The number of thioether (sulfide) groups is 1. The summed E-state index contributed by atoms with van der Waals surface area (Å²) in [6, 6.07) is 6.49. The van der Waals surface area contributed by atoms with Crippen molar-refractivity contribution < 1.29 is 14.6 Å². The van der Waals surface area contributed by atoms with E-state index in [1.54, 1.807) is 18.9 Å². The van der Waals surface area contributed by atoms with Gasteiger partial charge in [-0.05, 0) is 25.0 Å². The van der Waals surface area contributed by atoms with Crippen molar-refractivity contribution in [3.05, 3.63) is 23.9 Å². The van der Waals surface area contributed by atoms with Crippen molar-refractivity contribution in [2.45, 2.75) is 44.2 Å². The predicted octanol–water partition coefficient (Wildman–Crippen LogP) is 3.87. The molecule has 1 aromatic carbocycles. The van der Waals surface area contributed by atoms with Crippen LogP contribution in [-0.2, 0) is 4.79 Å². The summed E-state index contributed by atoms with van der Waals surface area (Å²) >= 11 is 1.61. The highest BCUT2D eigenvalue weighted by molar-refractivity contribution is 8.14. The zero-order chi connectivity index (χ0) is 18.1. The molecule has 1 aliphatic heterocycles. The van der Waals surface area contributed by atoms with Crippen molar-refractivity contribution >= 4 is 39.4 Å². The highest BCUT2D eigenvalue weighted by Crippen LogP contribution is 2.34. The number of aliphatic carboxylic acids is 1. The summed E-state index contributed by atoms with van der Waals surface area (Å²) in [5.41, 5.74) is 3.06. The van der Waals surface area contributed by atoms with Crippen LogP contribution in [0.5, 0.6) is 5.75 Å². The average molecular weight is 373 g/mol. The Labute approximate surface area is 156 Å². The molecule has 2 aromatic rings. The molecule has 1 saturated carbocycles. The number of H-pyrrole nitrogens is 1. The Hall–Kier alpha value is -2.15. The van der Waals surface area contributed by atoms with Gasteiger partial charge in [0.05, 0.1) is 36.5 Å². The lowest BCUT2D eigenvalue weighted by Crippen LogP contribution is -2.14. The van der Waals surface area contributed by atoms with Crippen molar-refractivity contribution in [2.24, 2.45) is 4.99 Å². The lowest BCUT2D eigenvalue weighted by Gasteiger charge is -2.15. The molecule has 3 N–H and O–H groups in total. The summed E-state index contributed by atoms with van der Waals surface area (Å²) in [7, 11) is 1.68. The van der Waals surface area contributed by atoms with Crippen LogP contribution in [0, 0.1) is 0 Å². The lowest BCUT2D eigenvalue weighted by atomic mass is 10.1. The van der Waals surface area contributed by atoms with Crippen LogP contribution in [0.1, 0.15) is 37.8 Å². The number of aliphatic imine (C=N–C) groups is 1. The van der Waals surface area contributed by atoms with Gasteiger partial charge in [-0.15, -0.1) is 11.8 Å². The number of aromatic amines is 1. The fraction of sp³-hybridized carbons (Fsp3) is 0.474. The van der Waals surface area contributed by atoms with E-state index < -0.39 is 5.97 Å². The van der Waals surface area contributed by atoms with Crippen molar-refractivity contribution in [1.82, 2.24) is 4.98 Å². The second-order valence-corrected chi connectivity index (χ2v) is 7.95. The minimum Gasteiger partial charge on any atom is -0.497 e. The molecule has 1 unspecified atom stereocenters. The van der Waals surface area contributed by atoms with Crippen LogP contribution in [0.15, 0.2) is 23.2 Å². The molecule has 26 heavy (non-hydrogen) atoms. The van der Waals surface area contributed by atoms with Crippen LogP contribution in [0.25, 0.3) is 10.9 Å². The van der Waals surface area contributed by atoms with Gasteiger partial charge < -0.3 is 20.1 Å². The molecule has 0 saturated heterocycles. The molecule has 0 amide bonds. The van der Waals surface area contributed by atoms with Gasteiger partial charge in [-0.2, -0.15) is 0 Å². The van der Waals surface area contributed by atoms with E-state index in [9.17, 15) is 4.79 Å². The molecule has 138 valence electrons. The summed E-state index contributed by atoms with van der Waals surface area (Å²) in [5, 5.41) is 14.6. The average Bonchev–Trinajstić information content (AvgIpc) is 3.33. The highest BCUT2D eigenvalue weighted by atomic mass is 32.2. The predicted molar refractivity (Wildman–Crippen MR) is 106 cm³/mol. The number of benzene rings is 1. The van der Waals surface area contributed by atoms with E-state index in [2.05, 4.69) is 21.4 Å². The molecule has 2 heterocycles. The van der Waals surface area contributed by atoms with Crippen LogP contribution >= 0.6 is 11.8 Å². The Kier molecular flexibility index (Phi) is 4.80. The number of hydrogen-bond donors (Lipinski definition) is 3. The lowest BCUT2D eigenvalue weighted by molar-refractivity contribution is -0.137. The Morgan fingerprint density at radius 3 is 2.92 bits per heavy atom. The van der Waals surface area contributed by atoms with Crippen molar-refractivity contribution in [1.29, 1.82) is 0 Å². The topological polar surface area (TPSA) is 86.7 Å². The second kappa shape index (κ2) is 7.23. The number of aromatic nitrogens is 1. The molecule has 1 atom stereocenters. The minimum absolute atomic E-state index is 0.0824. The summed E-state index contributed by atoms with van der Waals surface area (Å²) in [6.07, 6.45) is 5.04. The first-order chi connectivity index (χ1) is 12.6. The van der Waals surface area contributed by atoms with Gasteiger partial charge >= 0.3 is 5.97 Å². The van der Waals surface area contributed by atoms with E-state index in [-0.39, 0.29) is 12.5 Å². The Balaban J connectivity index is 1.66. The first kappa shape index (κ1) is 17.3. The van der Waals surface area contributed by atoms with Gasteiger partial charge in [-0.25, -0.2) is 0 Å². The quantitative estimate of drug-likeness (QED) is 0.716. The number of ether oxygens (including phenoxy) is 1. The maximum absolute atomic E-state index is 10.9. The Morgan fingerprint density at radius 2 is 2.19 bits per heavy atom. The first-order valence-corrected chi connectivity index (χ1v) is 10.0. The van der Waals surface area contributed by atoms with Crippen molar-refractivity contribution in [2.75, 3.05) is 18.2 Å². The molecule has 6 nitrogen and oxygen atoms in total. The van der Waals surface area contributed by atoms with Crippen LogP contribution in [0.2, 0.25) is 0 Å². The fourth-order valence-corrected chi connectivity index (χ4v) is 4.75. The zero-order valence-electron chi connectivity index (χ0n) is 14.7. The van der Waals surface area contributed by atoms with Gasteiger partial charge in [0.2, 0.25) is 0 Å². The summed E-state index contributed by atoms with van der Waals surface area (Å²) < 4.78 is 5.47. The monoisotopic (exact) mass is 373 g/mol. The number of carboxylic acid groups (broad SMARTS) is 1. The molecule has 0 radical (unpaired) electrons. The smallest absolute Gasteiger partial charge is 0.305 e. The second-order valence-electron chi connectivity index (χ2n) is 6.94. The Bertz CT molecular complexity index is 855. The molecule has 1 aromatic heterocycles. The van der Waals surface area contributed by atoms with Gasteiger partial charge in [0.15, 0.2) is 0 Å². The van der Waals surface area contributed by atoms with E-state index in [0.29, 0.717) is 11.8 Å². The van der Waals surface area contributed by atoms with Gasteiger partial charge in [-0.1, -0.05) is 12.8 Å². The van der Waals surface area contributed by atoms with E-state index in [1.165, 1.54) is 25.7 Å².